The largest absolute Gasteiger partial charge is 0.496 e. The van der Waals surface area contributed by atoms with Gasteiger partial charge in [-0.2, -0.15) is 0 Å². The number of methoxy groups -OCH3 is 1. The summed E-state index contributed by atoms with van der Waals surface area (Å²) in [5.74, 6) is 0.635. The average Bonchev–Trinajstić information content (AvgIpc) is 3.68. The van der Waals surface area contributed by atoms with Crippen molar-refractivity contribution in [3.63, 3.8) is 0 Å². The summed E-state index contributed by atoms with van der Waals surface area (Å²) in [6.07, 6.45) is 8.01. The second kappa shape index (κ2) is 13.8. The van der Waals surface area contributed by atoms with E-state index in [1.807, 2.05) is 60.7 Å². The van der Waals surface area contributed by atoms with Crippen molar-refractivity contribution < 1.29 is 33.3 Å². The van der Waals surface area contributed by atoms with Gasteiger partial charge in [-0.1, -0.05) is 30.7 Å². The van der Waals surface area contributed by atoms with Gasteiger partial charge in [-0.15, -0.1) is 0 Å². The highest BCUT2D eigenvalue weighted by molar-refractivity contribution is 14.1. The highest BCUT2D eigenvalue weighted by Gasteiger charge is 2.40. The van der Waals surface area contributed by atoms with Crippen LogP contribution in [-0.4, -0.2) is 54.5 Å². The van der Waals surface area contributed by atoms with Crippen molar-refractivity contribution in [1.82, 2.24) is 5.32 Å². The van der Waals surface area contributed by atoms with E-state index in [0.717, 1.165) is 29.7 Å². The number of cyclic esters (lactones) is 1. The van der Waals surface area contributed by atoms with Crippen LogP contribution in [0.5, 0.6) is 5.75 Å². The average molecular weight is 626 g/mol. The zero-order valence-corrected chi connectivity index (χ0v) is 23.8. The van der Waals surface area contributed by atoms with Gasteiger partial charge < -0.3 is 29.6 Å². The van der Waals surface area contributed by atoms with Crippen LogP contribution in [0.2, 0.25) is 0 Å². The van der Waals surface area contributed by atoms with E-state index in [-0.39, 0.29) is 42.6 Å². The Hall–Kier alpha value is -2.60. The number of nitrogens with one attached hydrogen (secondary N) is 2. The predicted molar refractivity (Wildman–Crippen MR) is 148 cm³/mol. The molecule has 0 saturated carbocycles. The molecule has 4 unspecified atom stereocenters. The molecule has 2 aliphatic heterocycles. The number of hydrogen-bond donors (Lipinski definition) is 2. The van der Waals surface area contributed by atoms with Gasteiger partial charge in [0.15, 0.2) is 4.11 Å². The molecule has 10 heteroatoms. The third-order valence-corrected chi connectivity index (χ3v) is 7.25. The normalized spacial score (nSPS) is 23.0. The predicted octanol–water partition coefficient (Wildman–Crippen LogP) is 4.60. The first kappa shape index (κ1) is 29.0. The lowest BCUT2D eigenvalue weighted by molar-refractivity contribution is -0.130. The van der Waals surface area contributed by atoms with Crippen LogP contribution in [0.4, 0.5) is 10.5 Å². The lowest BCUT2D eigenvalue weighted by Crippen LogP contribution is -2.48. The number of anilines is 1. The monoisotopic (exact) mass is 626 g/mol. The fourth-order valence-electron chi connectivity index (χ4n) is 4.30. The van der Waals surface area contributed by atoms with E-state index in [0.29, 0.717) is 30.8 Å². The minimum atomic E-state index is -0.534. The van der Waals surface area contributed by atoms with Gasteiger partial charge in [-0.05, 0) is 67.0 Å². The lowest BCUT2D eigenvalue weighted by Gasteiger charge is -2.32. The molecule has 9 nitrogen and oxygen atoms in total. The minimum Gasteiger partial charge on any atom is -0.496 e. The molecular formula is C27H35IN2O7. The summed E-state index contributed by atoms with van der Waals surface area (Å²) in [5.41, 5.74) is 3.60. The van der Waals surface area contributed by atoms with Crippen LogP contribution in [0.15, 0.2) is 35.9 Å². The second-order valence-corrected chi connectivity index (χ2v) is 10.9. The first-order valence-corrected chi connectivity index (χ1v) is 13.6. The number of ether oxygens (including phenoxy) is 4. The smallest absolute Gasteiger partial charge is 0.407 e. The van der Waals surface area contributed by atoms with Crippen LogP contribution in [-0.2, 0) is 30.2 Å². The molecule has 0 spiro atoms. The van der Waals surface area contributed by atoms with E-state index in [1.54, 1.807) is 7.11 Å². The summed E-state index contributed by atoms with van der Waals surface area (Å²) in [7, 11) is 1.60. The first-order valence-electron chi connectivity index (χ1n) is 12.3. The van der Waals surface area contributed by atoms with E-state index in [4.69, 9.17) is 18.9 Å². The van der Waals surface area contributed by atoms with Crippen LogP contribution < -0.4 is 15.4 Å². The number of carbonyl (C=O) groups is 3. The summed E-state index contributed by atoms with van der Waals surface area (Å²) < 4.78 is 20.6. The number of hydrogen-bond acceptors (Lipinski definition) is 7. The van der Waals surface area contributed by atoms with Crippen LogP contribution in [0.25, 0.3) is 0 Å². The Bertz CT molecular complexity index is 1040. The van der Waals surface area contributed by atoms with Gasteiger partial charge in [0.2, 0.25) is 5.91 Å². The molecule has 1 aromatic rings. The van der Waals surface area contributed by atoms with Gasteiger partial charge in [-0.25, -0.2) is 4.79 Å². The molecule has 2 N–H and O–H groups in total. The van der Waals surface area contributed by atoms with Gasteiger partial charge in [0, 0.05) is 29.6 Å². The van der Waals surface area contributed by atoms with E-state index in [9.17, 15) is 14.4 Å². The Morgan fingerprint density at radius 1 is 1.35 bits per heavy atom. The number of epoxide rings is 1. The molecule has 2 fully saturated rings. The van der Waals surface area contributed by atoms with Crippen molar-refractivity contribution in [2.45, 2.75) is 68.8 Å². The fourth-order valence-corrected chi connectivity index (χ4v) is 4.82. The Balaban J connectivity index is 1.58. The van der Waals surface area contributed by atoms with Crippen molar-refractivity contribution in [2.75, 3.05) is 19.0 Å². The zero-order valence-electron chi connectivity index (χ0n) is 21.6. The van der Waals surface area contributed by atoms with E-state index in [1.165, 1.54) is 0 Å². The molecule has 2 saturated heterocycles. The van der Waals surface area contributed by atoms with Crippen molar-refractivity contribution >= 4 is 46.8 Å². The van der Waals surface area contributed by atoms with Gasteiger partial charge >= 0.3 is 6.09 Å². The van der Waals surface area contributed by atoms with Gasteiger partial charge in [0.1, 0.15) is 11.9 Å². The third kappa shape index (κ3) is 9.03. The number of allylic oxidation sites excluding steroid dienone is 3. The third-order valence-electron chi connectivity index (χ3n) is 6.51. The second-order valence-electron chi connectivity index (χ2n) is 9.47. The summed E-state index contributed by atoms with van der Waals surface area (Å²) in [6, 6.07) is 3.93. The maximum atomic E-state index is 12.4. The molecule has 0 aliphatic carbocycles. The number of halogens is 1. The Labute approximate surface area is 231 Å². The molecule has 0 radical (unpaired) electrons. The highest BCUT2D eigenvalue weighted by Crippen LogP contribution is 2.30. The number of carbonyl (C=O) groups excluding carboxylic acids is 3. The minimum absolute atomic E-state index is 0.0315. The summed E-state index contributed by atoms with van der Waals surface area (Å²) in [4.78, 5) is 34.8. The molecule has 0 aromatic heterocycles. The van der Waals surface area contributed by atoms with Crippen molar-refractivity contribution in [3.05, 3.63) is 47.1 Å². The zero-order chi connectivity index (χ0) is 26.9. The molecule has 1 aromatic carbocycles. The highest BCUT2D eigenvalue weighted by atomic mass is 127. The van der Waals surface area contributed by atoms with Crippen LogP contribution >= 0.6 is 22.6 Å². The number of alkyl carbamates (subject to hydrolysis) is 1. The molecular weight excluding hydrogens is 591 g/mol. The van der Waals surface area contributed by atoms with Crippen LogP contribution in [0, 0.1) is 12.8 Å². The summed E-state index contributed by atoms with van der Waals surface area (Å²) in [6.45, 7) is 7.07. The molecule has 37 heavy (non-hydrogen) atoms. The van der Waals surface area contributed by atoms with Crippen molar-refractivity contribution in [3.8, 4) is 5.75 Å². The molecule has 202 valence electrons. The number of benzene rings is 1. The van der Waals surface area contributed by atoms with Gasteiger partial charge in [0.25, 0.3) is 6.47 Å². The lowest BCUT2D eigenvalue weighted by atomic mass is 9.93. The van der Waals surface area contributed by atoms with Crippen molar-refractivity contribution in [1.29, 1.82) is 0 Å². The van der Waals surface area contributed by atoms with Crippen molar-refractivity contribution in [2.24, 2.45) is 5.92 Å². The Kier molecular flexibility index (Phi) is 10.8. The quantitative estimate of drug-likeness (QED) is 0.108. The standard InChI is InChI=1S/C27H35IN2O7/c1-16(7-5-6-8-20-12-23(37-27(33)29-20)18(3)24-14-35-24)9-19-10-21(17(2)22(11-19)34-4)30-26(32)13-25(28)36-15-31/h5-7,10-11,15,18,20,23-25H,8-9,12-14H2,1-4H3,(H,29,33)(H,30,32)/b6-5+,16-7+/t18-,20?,23?,24?,25?/m1/s1. The molecule has 3 rings (SSSR count). The molecule has 2 aliphatic rings. The summed E-state index contributed by atoms with van der Waals surface area (Å²) >= 11 is 1.90. The molecule has 0 bridgehead atoms. The number of amides is 2. The van der Waals surface area contributed by atoms with Crippen LogP contribution in [0.1, 0.15) is 44.2 Å². The van der Waals surface area contributed by atoms with E-state index < -0.39 is 4.11 Å². The first-order chi connectivity index (χ1) is 17.7. The van der Waals surface area contributed by atoms with E-state index >= 15 is 0 Å². The number of rotatable bonds is 13. The van der Waals surface area contributed by atoms with Gasteiger partial charge in [-0.3, -0.25) is 9.59 Å². The maximum absolute atomic E-state index is 12.4. The Morgan fingerprint density at radius 2 is 2.11 bits per heavy atom. The van der Waals surface area contributed by atoms with E-state index in [2.05, 4.69) is 23.6 Å². The van der Waals surface area contributed by atoms with Gasteiger partial charge in [0.05, 0.1) is 26.2 Å². The number of alkyl halides is 1. The van der Waals surface area contributed by atoms with Crippen LogP contribution in [0.3, 0.4) is 0 Å². The maximum Gasteiger partial charge on any atom is 0.407 e. The Morgan fingerprint density at radius 3 is 2.78 bits per heavy atom. The topological polar surface area (TPSA) is 115 Å². The molecule has 2 amide bonds. The molecule has 2 heterocycles. The fraction of sp³-hybridized carbons (Fsp3) is 0.519. The SMILES string of the molecule is COc1cc(C/C(C)=C/C=C/CC2CC([C@@H](C)C3CO3)OC(=O)N2)cc(NC(=O)CC(I)OC=O)c1C. The molecule has 5 atom stereocenters. The summed E-state index contributed by atoms with van der Waals surface area (Å²) in [5, 5.41) is 5.80.